The fraction of sp³-hybridized carbons (Fsp3) is 0.444. The van der Waals surface area contributed by atoms with Gasteiger partial charge in [0.2, 0.25) is 5.95 Å². The molecule has 23 heavy (non-hydrogen) atoms. The Morgan fingerprint density at radius 2 is 2.04 bits per heavy atom. The zero-order valence-corrected chi connectivity index (χ0v) is 15.5. The molecule has 1 unspecified atom stereocenters. The maximum Gasteiger partial charge on any atom is 0.227 e. The molecule has 2 heterocycles. The van der Waals surface area contributed by atoms with Crippen molar-refractivity contribution in [3.63, 3.8) is 0 Å². The van der Waals surface area contributed by atoms with E-state index in [0.717, 1.165) is 40.7 Å². The second-order valence-corrected chi connectivity index (χ2v) is 7.35. The van der Waals surface area contributed by atoms with Gasteiger partial charge in [0, 0.05) is 29.3 Å². The second-order valence-electron chi connectivity index (χ2n) is 6.50. The zero-order valence-electron chi connectivity index (χ0n) is 13.9. The van der Waals surface area contributed by atoms with Gasteiger partial charge in [-0.1, -0.05) is 13.0 Å². The fourth-order valence-electron chi connectivity index (χ4n) is 2.99. The molecule has 0 bridgehead atoms. The molecule has 0 radical (unpaired) electrons. The van der Waals surface area contributed by atoms with Gasteiger partial charge in [-0.05, 0) is 66.2 Å². The summed E-state index contributed by atoms with van der Waals surface area (Å²) in [4.78, 5) is 11.7. The number of benzene rings is 1. The first kappa shape index (κ1) is 16.2. The molecule has 1 saturated heterocycles. The Bertz CT molecular complexity index is 701. The molecular weight excluding hydrogens is 352 g/mol. The van der Waals surface area contributed by atoms with Crippen molar-refractivity contribution in [3.8, 4) is 0 Å². The Morgan fingerprint density at radius 3 is 2.78 bits per heavy atom. The number of aryl methyl sites for hydroxylation is 2. The summed E-state index contributed by atoms with van der Waals surface area (Å²) in [7, 11) is 0. The van der Waals surface area contributed by atoms with E-state index >= 15 is 0 Å². The van der Waals surface area contributed by atoms with Crippen LogP contribution in [0.5, 0.6) is 0 Å². The van der Waals surface area contributed by atoms with Gasteiger partial charge in [-0.15, -0.1) is 0 Å². The zero-order chi connectivity index (χ0) is 16.4. The van der Waals surface area contributed by atoms with Crippen molar-refractivity contribution in [2.75, 3.05) is 23.3 Å². The first-order chi connectivity index (χ1) is 11.0. The Balaban J connectivity index is 1.85. The Hall–Kier alpha value is -1.62. The molecule has 0 aliphatic carbocycles. The minimum absolute atomic E-state index is 0.704. The highest BCUT2D eigenvalue weighted by molar-refractivity contribution is 9.10. The number of nitrogens with zero attached hydrogens (tertiary/aromatic N) is 3. The molecule has 1 aromatic carbocycles. The Labute approximate surface area is 146 Å². The number of anilines is 3. The van der Waals surface area contributed by atoms with E-state index < -0.39 is 0 Å². The number of rotatable bonds is 3. The van der Waals surface area contributed by atoms with Crippen molar-refractivity contribution in [1.82, 2.24) is 9.97 Å². The predicted octanol–water partition coefficient (Wildman–Crippen LogP) is 4.84. The molecule has 4 nitrogen and oxygen atoms in total. The number of hydrogen-bond acceptors (Lipinski definition) is 4. The van der Waals surface area contributed by atoms with Gasteiger partial charge >= 0.3 is 0 Å². The number of halogens is 1. The summed E-state index contributed by atoms with van der Waals surface area (Å²) < 4.78 is 1.04. The molecule has 1 aliphatic rings. The molecule has 122 valence electrons. The van der Waals surface area contributed by atoms with E-state index in [1.54, 1.807) is 0 Å². The first-order valence-corrected chi connectivity index (χ1v) is 8.94. The van der Waals surface area contributed by atoms with Gasteiger partial charge in [0.1, 0.15) is 5.82 Å². The van der Waals surface area contributed by atoms with Crippen LogP contribution in [0.2, 0.25) is 0 Å². The SMILES string of the molecule is Cc1ccc(Nc2cc(C)nc(N3CCCC(C)C3)n2)c(Br)c1. The minimum atomic E-state index is 0.704. The molecule has 0 saturated carbocycles. The average molecular weight is 375 g/mol. The Morgan fingerprint density at radius 1 is 1.22 bits per heavy atom. The lowest BCUT2D eigenvalue weighted by molar-refractivity contribution is 0.442. The molecule has 5 heteroatoms. The Kier molecular flexibility index (Phi) is 4.85. The standard InChI is InChI=1S/C18H23BrN4/c1-12-6-7-16(15(19)9-12)21-17-10-14(3)20-18(22-17)23-8-4-5-13(2)11-23/h6-7,9-10,13H,4-5,8,11H2,1-3H3,(H,20,21,22). The number of piperidine rings is 1. The van der Waals surface area contributed by atoms with E-state index in [1.165, 1.54) is 18.4 Å². The maximum absolute atomic E-state index is 4.73. The summed E-state index contributed by atoms with van der Waals surface area (Å²) in [6, 6.07) is 8.25. The highest BCUT2D eigenvalue weighted by Gasteiger charge is 2.19. The van der Waals surface area contributed by atoms with Crippen LogP contribution >= 0.6 is 15.9 Å². The van der Waals surface area contributed by atoms with Crippen molar-refractivity contribution in [3.05, 3.63) is 40.0 Å². The summed E-state index contributed by atoms with van der Waals surface area (Å²) in [6.07, 6.45) is 2.51. The molecule has 1 aliphatic heterocycles. The van der Waals surface area contributed by atoms with Gasteiger partial charge in [0.15, 0.2) is 0 Å². The highest BCUT2D eigenvalue weighted by Crippen LogP contribution is 2.27. The van der Waals surface area contributed by atoms with Crippen molar-refractivity contribution < 1.29 is 0 Å². The van der Waals surface area contributed by atoms with Crippen molar-refractivity contribution >= 4 is 33.4 Å². The van der Waals surface area contributed by atoms with Crippen molar-refractivity contribution in [1.29, 1.82) is 0 Å². The number of nitrogens with one attached hydrogen (secondary N) is 1. The third-order valence-corrected chi connectivity index (χ3v) is 4.83. The van der Waals surface area contributed by atoms with Crippen molar-refractivity contribution in [2.24, 2.45) is 5.92 Å². The third-order valence-electron chi connectivity index (χ3n) is 4.17. The van der Waals surface area contributed by atoms with E-state index in [-0.39, 0.29) is 0 Å². The van der Waals surface area contributed by atoms with Crippen LogP contribution in [0.1, 0.15) is 31.0 Å². The molecular formula is C18H23BrN4. The fourth-order valence-corrected chi connectivity index (χ4v) is 3.58. The molecule has 1 fully saturated rings. The summed E-state index contributed by atoms with van der Waals surface area (Å²) in [5, 5.41) is 3.41. The van der Waals surface area contributed by atoms with Crippen LogP contribution in [0.15, 0.2) is 28.7 Å². The maximum atomic E-state index is 4.73. The topological polar surface area (TPSA) is 41.1 Å². The molecule has 0 spiro atoms. The van der Waals surface area contributed by atoms with Crippen LogP contribution in [0.4, 0.5) is 17.5 Å². The van der Waals surface area contributed by atoms with Gasteiger partial charge in [-0.25, -0.2) is 4.98 Å². The first-order valence-electron chi connectivity index (χ1n) is 8.15. The van der Waals surface area contributed by atoms with Crippen LogP contribution < -0.4 is 10.2 Å². The average Bonchev–Trinajstić information content (AvgIpc) is 2.50. The quantitative estimate of drug-likeness (QED) is 0.834. The van der Waals surface area contributed by atoms with E-state index in [0.29, 0.717) is 5.92 Å². The smallest absolute Gasteiger partial charge is 0.227 e. The molecule has 2 aromatic rings. The van der Waals surface area contributed by atoms with Gasteiger partial charge in [0.05, 0.1) is 5.69 Å². The summed E-state index contributed by atoms with van der Waals surface area (Å²) in [6.45, 7) is 8.48. The number of aromatic nitrogens is 2. The molecule has 1 N–H and O–H groups in total. The predicted molar refractivity (Wildman–Crippen MR) is 99.5 cm³/mol. The van der Waals surface area contributed by atoms with Crippen LogP contribution in [0.3, 0.4) is 0 Å². The van der Waals surface area contributed by atoms with E-state index in [2.05, 4.69) is 63.2 Å². The van der Waals surface area contributed by atoms with Gasteiger partial charge in [0.25, 0.3) is 0 Å². The lowest BCUT2D eigenvalue weighted by Gasteiger charge is -2.31. The summed E-state index contributed by atoms with van der Waals surface area (Å²) in [5.41, 5.74) is 3.23. The largest absolute Gasteiger partial charge is 0.340 e. The van der Waals surface area contributed by atoms with Gasteiger partial charge in [-0.2, -0.15) is 4.98 Å². The molecule has 3 rings (SSSR count). The molecule has 1 aromatic heterocycles. The van der Waals surface area contributed by atoms with E-state index in [9.17, 15) is 0 Å². The third kappa shape index (κ3) is 4.02. The minimum Gasteiger partial charge on any atom is -0.340 e. The van der Waals surface area contributed by atoms with E-state index in [4.69, 9.17) is 4.98 Å². The normalized spacial score (nSPS) is 18.1. The van der Waals surface area contributed by atoms with E-state index in [1.807, 2.05) is 13.0 Å². The number of hydrogen-bond donors (Lipinski definition) is 1. The monoisotopic (exact) mass is 374 g/mol. The highest BCUT2D eigenvalue weighted by atomic mass is 79.9. The van der Waals surface area contributed by atoms with Crippen LogP contribution in [-0.4, -0.2) is 23.1 Å². The molecule has 1 atom stereocenters. The lowest BCUT2D eigenvalue weighted by atomic mass is 10.0. The van der Waals surface area contributed by atoms with Crippen molar-refractivity contribution in [2.45, 2.75) is 33.6 Å². The van der Waals surface area contributed by atoms with Crippen LogP contribution in [-0.2, 0) is 0 Å². The summed E-state index contributed by atoms with van der Waals surface area (Å²) in [5.74, 6) is 2.38. The van der Waals surface area contributed by atoms with Crippen LogP contribution in [0, 0.1) is 19.8 Å². The van der Waals surface area contributed by atoms with Crippen LogP contribution in [0.25, 0.3) is 0 Å². The lowest BCUT2D eigenvalue weighted by Crippen LogP contribution is -2.35. The van der Waals surface area contributed by atoms with Gasteiger partial charge < -0.3 is 10.2 Å². The summed E-state index contributed by atoms with van der Waals surface area (Å²) >= 11 is 3.61. The van der Waals surface area contributed by atoms with Gasteiger partial charge in [-0.3, -0.25) is 0 Å². The second kappa shape index (κ2) is 6.87. The molecule has 0 amide bonds.